The Morgan fingerprint density at radius 2 is 1.75 bits per heavy atom. The first-order valence-electron chi connectivity index (χ1n) is 8.41. The van der Waals surface area contributed by atoms with E-state index in [4.69, 9.17) is 4.74 Å². The van der Waals surface area contributed by atoms with Crippen LogP contribution in [0.3, 0.4) is 0 Å². The highest BCUT2D eigenvalue weighted by molar-refractivity contribution is 7.86. The molecule has 24 heavy (non-hydrogen) atoms. The number of ether oxygens (including phenoxy) is 1. The number of aryl methyl sites for hydroxylation is 1. The summed E-state index contributed by atoms with van der Waals surface area (Å²) in [5, 5.41) is 0. The minimum atomic E-state index is -3.36. The number of hydrogen-bond donors (Lipinski definition) is 0. The third-order valence-electron chi connectivity index (χ3n) is 5.14. The van der Waals surface area contributed by atoms with Crippen LogP contribution >= 0.6 is 0 Å². The van der Waals surface area contributed by atoms with Crippen LogP contribution in [0.2, 0.25) is 0 Å². The highest BCUT2D eigenvalue weighted by atomic mass is 32.2. The molecule has 8 nitrogen and oxygen atoms in total. The van der Waals surface area contributed by atoms with Crippen molar-refractivity contribution in [3.05, 3.63) is 18.0 Å². The van der Waals surface area contributed by atoms with Gasteiger partial charge in [0.05, 0.1) is 13.2 Å². The average Bonchev–Trinajstić information content (AvgIpc) is 3.15. The summed E-state index contributed by atoms with van der Waals surface area (Å²) in [6.07, 6.45) is 1.78. The van der Waals surface area contributed by atoms with Gasteiger partial charge >= 0.3 is 0 Å². The number of fused-ring (bicyclic) bond motifs is 1. The summed E-state index contributed by atoms with van der Waals surface area (Å²) in [4.78, 5) is 11.0. The van der Waals surface area contributed by atoms with E-state index in [2.05, 4.69) is 14.9 Å². The van der Waals surface area contributed by atoms with E-state index in [0.717, 1.165) is 24.7 Å². The van der Waals surface area contributed by atoms with Crippen molar-refractivity contribution in [1.82, 2.24) is 18.6 Å². The van der Waals surface area contributed by atoms with Crippen LogP contribution in [0.1, 0.15) is 5.69 Å². The van der Waals surface area contributed by atoms with E-state index in [1.807, 2.05) is 13.0 Å². The van der Waals surface area contributed by atoms with Gasteiger partial charge in [-0.05, 0) is 24.8 Å². The number of hydrogen-bond acceptors (Lipinski definition) is 6. The molecule has 0 N–H and O–H groups in total. The molecular formula is C15H23N5O3S. The maximum absolute atomic E-state index is 12.8. The van der Waals surface area contributed by atoms with Crippen LogP contribution < -0.4 is 4.90 Å². The standard InChI is InChI=1S/C15H23N5O3S/c1-12-2-3-16-15(17-12)18-8-13-10-20(11-14(13)9-18)24(21,22)19-4-6-23-7-5-19/h2-3,13-14H,4-11H2,1H3. The van der Waals surface area contributed by atoms with Gasteiger partial charge in [0.1, 0.15) is 0 Å². The van der Waals surface area contributed by atoms with Gasteiger partial charge in [-0.1, -0.05) is 0 Å². The molecule has 132 valence electrons. The molecule has 3 fully saturated rings. The van der Waals surface area contributed by atoms with Crippen molar-refractivity contribution in [2.45, 2.75) is 6.92 Å². The van der Waals surface area contributed by atoms with E-state index in [9.17, 15) is 8.42 Å². The summed E-state index contributed by atoms with van der Waals surface area (Å²) in [7, 11) is -3.36. The molecule has 3 aliphatic rings. The van der Waals surface area contributed by atoms with Crippen LogP contribution in [0, 0.1) is 18.8 Å². The molecular weight excluding hydrogens is 330 g/mol. The fourth-order valence-electron chi connectivity index (χ4n) is 3.83. The van der Waals surface area contributed by atoms with E-state index in [0.29, 0.717) is 51.2 Å². The quantitative estimate of drug-likeness (QED) is 0.744. The normalized spacial score (nSPS) is 29.1. The third kappa shape index (κ3) is 2.90. The molecule has 0 radical (unpaired) electrons. The Morgan fingerprint density at radius 1 is 1.08 bits per heavy atom. The zero-order valence-electron chi connectivity index (χ0n) is 13.8. The molecule has 4 heterocycles. The summed E-state index contributed by atoms with van der Waals surface area (Å²) in [5.41, 5.74) is 0.952. The molecule has 2 atom stereocenters. The lowest BCUT2D eigenvalue weighted by Crippen LogP contribution is -2.48. The summed E-state index contributed by atoms with van der Waals surface area (Å²) >= 11 is 0. The van der Waals surface area contributed by atoms with Crippen LogP contribution in [0.15, 0.2) is 12.3 Å². The van der Waals surface area contributed by atoms with Gasteiger partial charge in [-0.2, -0.15) is 17.0 Å². The molecule has 3 saturated heterocycles. The molecule has 1 aromatic rings. The zero-order valence-corrected chi connectivity index (χ0v) is 14.7. The Hall–Kier alpha value is -1.29. The Balaban J connectivity index is 1.42. The number of nitrogens with zero attached hydrogens (tertiary/aromatic N) is 5. The van der Waals surface area contributed by atoms with Crippen LogP contribution in [0.4, 0.5) is 5.95 Å². The zero-order chi connectivity index (χ0) is 16.7. The highest BCUT2D eigenvalue weighted by Gasteiger charge is 2.46. The second-order valence-corrected chi connectivity index (χ2v) is 8.69. The van der Waals surface area contributed by atoms with E-state index in [-0.39, 0.29) is 0 Å². The lowest BCUT2D eigenvalue weighted by atomic mass is 10.0. The molecule has 0 aromatic carbocycles. The summed E-state index contributed by atoms with van der Waals surface area (Å²) in [6.45, 7) is 6.66. The van der Waals surface area contributed by atoms with Gasteiger partial charge in [-0.3, -0.25) is 0 Å². The monoisotopic (exact) mass is 353 g/mol. The molecule has 4 rings (SSSR count). The van der Waals surface area contributed by atoms with Crippen molar-refractivity contribution in [1.29, 1.82) is 0 Å². The van der Waals surface area contributed by atoms with Crippen LogP contribution in [0.5, 0.6) is 0 Å². The molecule has 0 saturated carbocycles. The summed E-state index contributed by atoms with van der Waals surface area (Å²) in [5.74, 6) is 1.46. The van der Waals surface area contributed by atoms with Crippen molar-refractivity contribution in [2.75, 3.05) is 57.4 Å². The molecule has 0 bridgehead atoms. The molecule has 9 heteroatoms. The lowest BCUT2D eigenvalue weighted by Gasteiger charge is -2.30. The van der Waals surface area contributed by atoms with Crippen molar-refractivity contribution in [3.8, 4) is 0 Å². The van der Waals surface area contributed by atoms with Crippen LogP contribution in [0.25, 0.3) is 0 Å². The molecule has 0 amide bonds. The minimum absolute atomic E-state index is 0.352. The first-order chi connectivity index (χ1) is 11.5. The first-order valence-corrected chi connectivity index (χ1v) is 9.81. The minimum Gasteiger partial charge on any atom is -0.379 e. The largest absolute Gasteiger partial charge is 0.379 e. The molecule has 3 aliphatic heterocycles. The maximum Gasteiger partial charge on any atom is 0.282 e. The third-order valence-corrected chi connectivity index (χ3v) is 7.11. The van der Waals surface area contributed by atoms with Gasteiger partial charge in [0.15, 0.2) is 0 Å². The number of morpholine rings is 1. The van der Waals surface area contributed by atoms with Gasteiger partial charge in [0.2, 0.25) is 5.95 Å². The van der Waals surface area contributed by atoms with Gasteiger partial charge in [0.25, 0.3) is 10.2 Å². The number of aromatic nitrogens is 2. The highest BCUT2D eigenvalue weighted by Crippen LogP contribution is 2.34. The Bertz CT molecular complexity index is 693. The second-order valence-electron chi connectivity index (χ2n) is 6.76. The number of anilines is 1. The van der Waals surface area contributed by atoms with Crippen molar-refractivity contribution < 1.29 is 13.2 Å². The van der Waals surface area contributed by atoms with Gasteiger partial charge in [0, 0.05) is 51.2 Å². The molecule has 0 spiro atoms. The summed E-state index contributed by atoms with van der Waals surface area (Å²) in [6, 6.07) is 1.89. The molecule has 2 unspecified atom stereocenters. The first kappa shape index (κ1) is 16.2. The average molecular weight is 353 g/mol. The van der Waals surface area contributed by atoms with Crippen LogP contribution in [-0.2, 0) is 14.9 Å². The second kappa shape index (κ2) is 6.21. The SMILES string of the molecule is Cc1ccnc(N2CC3CN(S(=O)(=O)N4CCOCC4)CC3C2)n1. The smallest absolute Gasteiger partial charge is 0.282 e. The Kier molecular flexibility index (Phi) is 4.19. The van der Waals surface area contributed by atoms with Crippen LogP contribution in [-0.4, -0.2) is 79.5 Å². The van der Waals surface area contributed by atoms with Crippen molar-refractivity contribution in [3.63, 3.8) is 0 Å². The lowest BCUT2D eigenvalue weighted by molar-refractivity contribution is 0.0705. The Labute approximate surface area is 142 Å². The predicted molar refractivity (Wildman–Crippen MR) is 88.8 cm³/mol. The molecule has 0 aliphatic carbocycles. The number of rotatable bonds is 3. The topological polar surface area (TPSA) is 78.9 Å². The van der Waals surface area contributed by atoms with E-state index < -0.39 is 10.2 Å². The van der Waals surface area contributed by atoms with Crippen molar-refractivity contribution >= 4 is 16.2 Å². The fourth-order valence-corrected chi connectivity index (χ4v) is 5.53. The maximum atomic E-state index is 12.8. The van der Waals surface area contributed by atoms with E-state index >= 15 is 0 Å². The van der Waals surface area contributed by atoms with Crippen molar-refractivity contribution in [2.24, 2.45) is 11.8 Å². The van der Waals surface area contributed by atoms with E-state index in [1.54, 1.807) is 14.8 Å². The predicted octanol–water partition coefficient (Wildman–Crippen LogP) is -0.270. The fraction of sp³-hybridized carbons (Fsp3) is 0.733. The Morgan fingerprint density at radius 3 is 2.38 bits per heavy atom. The van der Waals surface area contributed by atoms with Gasteiger partial charge in [-0.15, -0.1) is 0 Å². The summed E-state index contributed by atoms with van der Waals surface area (Å²) < 4.78 is 34.0. The van der Waals surface area contributed by atoms with E-state index in [1.165, 1.54) is 0 Å². The molecule has 1 aromatic heterocycles. The van der Waals surface area contributed by atoms with Gasteiger partial charge in [-0.25, -0.2) is 9.97 Å². The van der Waals surface area contributed by atoms with Gasteiger partial charge < -0.3 is 9.64 Å².